The Morgan fingerprint density at radius 1 is 1.16 bits per heavy atom. The zero-order valence-electron chi connectivity index (χ0n) is 18.4. The van der Waals surface area contributed by atoms with Gasteiger partial charge in [0.15, 0.2) is 0 Å². The summed E-state index contributed by atoms with van der Waals surface area (Å²) in [4.78, 5) is 16.0. The maximum atomic E-state index is 13.6. The number of piperidine rings is 1. The predicted molar refractivity (Wildman–Crippen MR) is 128 cm³/mol. The minimum absolute atomic E-state index is 0.0493. The highest BCUT2D eigenvalue weighted by molar-refractivity contribution is 6.35. The Morgan fingerprint density at radius 3 is 2.56 bits per heavy atom. The number of likely N-dealkylation sites (tertiary alicyclic amines) is 1. The van der Waals surface area contributed by atoms with Crippen LogP contribution in [0.15, 0.2) is 42.5 Å². The second-order valence-corrected chi connectivity index (χ2v) is 9.50. The minimum Gasteiger partial charge on any atom is -0.496 e. The monoisotopic (exact) mass is 476 g/mol. The lowest BCUT2D eigenvalue weighted by molar-refractivity contribution is -0.131. The predicted octanol–water partition coefficient (Wildman–Crippen LogP) is 4.83. The van der Waals surface area contributed by atoms with E-state index in [1.807, 2.05) is 30.3 Å². The summed E-state index contributed by atoms with van der Waals surface area (Å²) < 4.78 is 11.1. The van der Waals surface area contributed by atoms with Crippen LogP contribution in [0.3, 0.4) is 0 Å². The number of halogens is 2. The second kappa shape index (κ2) is 10.4. The fourth-order valence-electron chi connectivity index (χ4n) is 4.85. The highest BCUT2D eigenvalue weighted by atomic mass is 35.5. The summed E-state index contributed by atoms with van der Waals surface area (Å²) in [6.07, 6.45) is 3.07. The molecule has 4 rings (SSSR count). The lowest BCUT2D eigenvalue weighted by Crippen LogP contribution is -2.53. The lowest BCUT2D eigenvalue weighted by atomic mass is 9.73. The first-order valence-electron chi connectivity index (χ1n) is 11.2. The molecule has 0 aliphatic carbocycles. The van der Waals surface area contributed by atoms with E-state index in [1.165, 1.54) is 5.56 Å². The Hall–Kier alpha value is -1.79. The molecule has 0 radical (unpaired) electrons. The smallest absolute Gasteiger partial charge is 0.231 e. The van der Waals surface area contributed by atoms with Crippen molar-refractivity contribution in [3.63, 3.8) is 0 Å². The van der Waals surface area contributed by atoms with Gasteiger partial charge in [-0.3, -0.25) is 9.69 Å². The van der Waals surface area contributed by atoms with Crippen LogP contribution in [-0.4, -0.2) is 50.3 Å². The largest absolute Gasteiger partial charge is 0.496 e. The number of para-hydroxylation sites is 1. The number of amides is 1. The van der Waals surface area contributed by atoms with E-state index in [0.717, 1.165) is 43.8 Å². The zero-order valence-corrected chi connectivity index (χ0v) is 19.9. The third-order valence-corrected chi connectivity index (χ3v) is 7.28. The normalized spacial score (nSPS) is 19.5. The van der Waals surface area contributed by atoms with Gasteiger partial charge in [-0.15, -0.1) is 0 Å². The van der Waals surface area contributed by atoms with Gasteiger partial charge in [0, 0.05) is 54.5 Å². The number of carbonyl (C=O) groups is 1. The van der Waals surface area contributed by atoms with Gasteiger partial charge in [0.25, 0.3) is 0 Å². The standard InChI is InChI=1S/C25H30Cl2N2O3/c1-31-23-5-3-2-4-18(23)17-29-12-8-20(9-13-29)28-24(30)25(10-14-32-15-11-25)21-7-6-19(26)16-22(21)27/h2-7,16,20H,8-15,17H2,1H3,(H,28,30). The van der Waals surface area contributed by atoms with Gasteiger partial charge in [-0.2, -0.15) is 0 Å². The number of carbonyl (C=O) groups excluding carboxylic acids is 1. The van der Waals surface area contributed by atoms with Crippen molar-refractivity contribution in [2.45, 2.75) is 43.7 Å². The SMILES string of the molecule is COc1ccccc1CN1CCC(NC(=O)C2(c3ccc(Cl)cc3Cl)CCOCC2)CC1. The Balaban J connectivity index is 1.40. The highest BCUT2D eigenvalue weighted by Crippen LogP contribution is 2.40. The number of rotatable bonds is 6. The van der Waals surface area contributed by atoms with Crippen LogP contribution >= 0.6 is 23.2 Å². The third-order valence-electron chi connectivity index (χ3n) is 6.74. The van der Waals surface area contributed by atoms with Crippen LogP contribution in [-0.2, 0) is 21.5 Å². The summed E-state index contributed by atoms with van der Waals surface area (Å²) in [5, 5.41) is 4.45. The molecule has 0 unspecified atom stereocenters. The van der Waals surface area contributed by atoms with Crippen LogP contribution in [0.25, 0.3) is 0 Å². The maximum Gasteiger partial charge on any atom is 0.231 e. The van der Waals surface area contributed by atoms with Crippen molar-refractivity contribution < 1.29 is 14.3 Å². The van der Waals surface area contributed by atoms with Gasteiger partial charge < -0.3 is 14.8 Å². The molecule has 2 aliphatic rings. The molecule has 0 aromatic heterocycles. The maximum absolute atomic E-state index is 13.6. The number of hydrogen-bond acceptors (Lipinski definition) is 4. The van der Waals surface area contributed by atoms with Gasteiger partial charge in [-0.1, -0.05) is 47.5 Å². The molecule has 0 atom stereocenters. The lowest BCUT2D eigenvalue weighted by Gasteiger charge is -2.39. The Morgan fingerprint density at radius 2 is 1.88 bits per heavy atom. The first kappa shape index (κ1) is 23.4. The average molecular weight is 477 g/mol. The molecule has 7 heteroatoms. The number of nitrogens with one attached hydrogen (secondary N) is 1. The topological polar surface area (TPSA) is 50.8 Å². The van der Waals surface area contributed by atoms with E-state index in [4.69, 9.17) is 32.7 Å². The second-order valence-electron chi connectivity index (χ2n) is 8.65. The number of benzene rings is 2. The molecule has 0 spiro atoms. The van der Waals surface area contributed by atoms with Crippen LogP contribution in [0.1, 0.15) is 36.8 Å². The molecule has 2 aromatic rings. The molecular weight excluding hydrogens is 447 g/mol. The van der Waals surface area contributed by atoms with Gasteiger partial charge in [0.05, 0.1) is 12.5 Å². The molecule has 2 saturated heterocycles. The summed E-state index contributed by atoms with van der Waals surface area (Å²) in [6, 6.07) is 13.7. The molecule has 32 heavy (non-hydrogen) atoms. The van der Waals surface area contributed by atoms with E-state index >= 15 is 0 Å². The molecule has 5 nitrogen and oxygen atoms in total. The Kier molecular flexibility index (Phi) is 7.62. The summed E-state index contributed by atoms with van der Waals surface area (Å²) in [5.41, 5.74) is 1.36. The number of hydrogen-bond donors (Lipinski definition) is 1. The van der Waals surface area contributed by atoms with Crippen LogP contribution in [0, 0.1) is 0 Å². The van der Waals surface area contributed by atoms with Crippen LogP contribution in [0.4, 0.5) is 0 Å². The van der Waals surface area contributed by atoms with Gasteiger partial charge in [-0.05, 0) is 49.4 Å². The highest BCUT2D eigenvalue weighted by Gasteiger charge is 2.43. The molecule has 0 saturated carbocycles. The molecule has 0 bridgehead atoms. The number of ether oxygens (including phenoxy) is 2. The van der Waals surface area contributed by atoms with Gasteiger partial charge >= 0.3 is 0 Å². The molecule has 2 aliphatic heterocycles. The molecule has 2 heterocycles. The summed E-state index contributed by atoms with van der Waals surface area (Å²) >= 11 is 12.6. The van der Waals surface area contributed by atoms with Gasteiger partial charge in [-0.25, -0.2) is 0 Å². The van der Waals surface area contributed by atoms with Crippen molar-refractivity contribution in [2.75, 3.05) is 33.4 Å². The van der Waals surface area contributed by atoms with Crippen LogP contribution < -0.4 is 10.1 Å². The quantitative estimate of drug-likeness (QED) is 0.648. The van der Waals surface area contributed by atoms with Crippen LogP contribution in [0.5, 0.6) is 5.75 Å². The van der Waals surface area contributed by atoms with E-state index in [1.54, 1.807) is 13.2 Å². The van der Waals surface area contributed by atoms with Crippen molar-refractivity contribution in [3.05, 3.63) is 63.6 Å². The van der Waals surface area contributed by atoms with E-state index in [0.29, 0.717) is 36.1 Å². The fourth-order valence-corrected chi connectivity index (χ4v) is 5.44. The van der Waals surface area contributed by atoms with Crippen molar-refractivity contribution in [3.8, 4) is 5.75 Å². The summed E-state index contributed by atoms with van der Waals surface area (Å²) in [5.74, 6) is 0.970. The zero-order chi connectivity index (χ0) is 22.6. The molecule has 172 valence electrons. The van der Waals surface area contributed by atoms with Crippen molar-refractivity contribution in [2.24, 2.45) is 0 Å². The van der Waals surface area contributed by atoms with Crippen LogP contribution in [0.2, 0.25) is 10.0 Å². The van der Waals surface area contributed by atoms with Crippen molar-refractivity contribution in [1.82, 2.24) is 10.2 Å². The third kappa shape index (κ3) is 5.07. The summed E-state index contributed by atoms with van der Waals surface area (Å²) in [6.45, 7) is 3.81. The van der Waals surface area contributed by atoms with E-state index in [9.17, 15) is 4.79 Å². The molecule has 1 N–H and O–H groups in total. The van der Waals surface area contributed by atoms with E-state index < -0.39 is 5.41 Å². The minimum atomic E-state index is -0.672. The van der Waals surface area contributed by atoms with Crippen molar-refractivity contribution >= 4 is 29.1 Å². The van der Waals surface area contributed by atoms with Gasteiger partial charge in [0.1, 0.15) is 5.75 Å². The van der Waals surface area contributed by atoms with E-state index in [2.05, 4.69) is 16.3 Å². The Bertz CT molecular complexity index is 939. The molecule has 1 amide bonds. The fraction of sp³-hybridized carbons (Fsp3) is 0.480. The van der Waals surface area contributed by atoms with E-state index in [-0.39, 0.29) is 11.9 Å². The first-order valence-corrected chi connectivity index (χ1v) is 12.0. The Labute approximate surface area is 200 Å². The molecule has 2 fully saturated rings. The summed E-state index contributed by atoms with van der Waals surface area (Å²) in [7, 11) is 1.71. The van der Waals surface area contributed by atoms with Gasteiger partial charge in [0.2, 0.25) is 5.91 Å². The van der Waals surface area contributed by atoms with Crippen molar-refractivity contribution in [1.29, 1.82) is 0 Å². The average Bonchev–Trinajstić information content (AvgIpc) is 2.81. The molecular formula is C25H30Cl2N2O3. The number of nitrogens with zero attached hydrogens (tertiary/aromatic N) is 1. The number of methoxy groups -OCH3 is 1. The molecule has 2 aromatic carbocycles. The first-order chi connectivity index (χ1) is 15.5.